The van der Waals surface area contributed by atoms with Crippen molar-refractivity contribution in [2.75, 3.05) is 39.9 Å². The van der Waals surface area contributed by atoms with Crippen LogP contribution < -0.4 is 5.32 Å². The van der Waals surface area contributed by atoms with E-state index in [0.29, 0.717) is 12.2 Å². The molecule has 0 aromatic rings. The van der Waals surface area contributed by atoms with Gasteiger partial charge in [-0.3, -0.25) is 4.99 Å². The Morgan fingerprint density at radius 1 is 1.22 bits per heavy atom. The van der Waals surface area contributed by atoms with Gasteiger partial charge >= 0.3 is 0 Å². The molecule has 2 saturated heterocycles. The molecule has 1 unspecified atom stereocenters. The topological polar surface area (TPSA) is 46.1 Å². The molecule has 1 N–H and O–H groups in total. The standard InChI is InChI=1S/C18H33N3O2/c1-19-18(20-10-2-4-15-6-7-15)21-11-8-16(9-12-21)23-14-17-5-3-13-22-17/h15-17H,2-14H2,1H3,(H,19,20). The van der Waals surface area contributed by atoms with Crippen molar-refractivity contribution in [2.24, 2.45) is 10.9 Å². The average Bonchev–Trinajstić information content (AvgIpc) is 3.26. The number of nitrogens with one attached hydrogen (secondary N) is 1. The van der Waals surface area contributed by atoms with Crippen molar-refractivity contribution in [1.29, 1.82) is 0 Å². The number of likely N-dealkylation sites (tertiary alicyclic amines) is 1. The predicted octanol–water partition coefficient (Wildman–Crippen LogP) is 2.41. The van der Waals surface area contributed by atoms with Gasteiger partial charge in [0.2, 0.25) is 0 Å². The third kappa shape index (κ3) is 5.64. The number of rotatable bonds is 7. The van der Waals surface area contributed by atoms with Crippen LogP contribution in [0.3, 0.4) is 0 Å². The maximum absolute atomic E-state index is 6.05. The molecule has 1 atom stereocenters. The first-order valence-electron chi connectivity index (χ1n) is 9.54. The lowest BCUT2D eigenvalue weighted by molar-refractivity contribution is -0.0367. The summed E-state index contributed by atoms with van der Waals surface area (Å²) in [6, 6.07) is 0. The van der Waals surface area contributed by atoms with Crippen LogP contribution in [0.2, 0.25) is 0 Å². The first-order chi connectivity index (χ1) is 11.3. The van der Waals surface area contributed by atoms with Crippen LogP contribution in [0.25, 0.3) is 0 Å². The van der Waals surface area contributed by atoms with E-state index in [-0.39, 0.29) is 0 Å². The normalized spacial score (nSPS) is 26.7. The minimum absolute atomic E-state index is 0.342. The highest BCUT2D eigenvalue weighted by molar-refractivity contribution is 5.79. The van der Waals surface area contributed by atoms with Gasteiger partial charge in [-0.25, -0.2) is 0 Å². The molecular formula is C18H33N3O2. The summed E-state index contributed by atoms with van der Waals surface area (Å²) in [5.41, 5.74) is 0. The molecule has 3 rings (SSSR count). The molecule has 0 bridgehead atoms. The van der Waals surface area contributed by atoms with Gasteiger partial charge in [0.25, 0.3) is 0 Å². The summed E-state index contributed by atoms with van der Waals surface area (Å²) in [5.74, 6) is 2.09. The summed E-state index contributed by atoms with van der Waals surface area (Å²) >= 11 is 0. The molecule has 0 aromatic carbocycles. The third-order valence-electron chi connectivity index (χ3n) is 5.26. The fourth-order valence-electron chi connectivity index (χ4n) is 3.58. The summed E-state index contributed by atoms with van der Waals surface area (Å²) in [7, 11) is 1.89. The van der Waals surface area contributed by atoms with Crippen molar-refractivity contribution < 1.29 is 9.47 Å². The predicted molar refractivity (Wildman–Crippen MR) is 92.8 cm³/mol. The maximum Gasteiger partial charge on any atom is 0.193 e. The van der Waals surface area contributed by atoms with Gasteiger partial charge < -0.3 is 19.7 Å². The van der Waals surface area contributed by atoms with Crippen LogP contribution in [-0.4, -0.2) is 63.0 Å². The molecule has 0 radical (unpaired) electrons. The Hall–Kier alpha value is -0.810. The van der Waals surface area contributed by atoms with Crippen LogP contribution in [0.4, 0.5) is 0 Å². The Kier molecular flexibility index (Phi) is 6.57. The van der Waals surface area contributed by atoms with E-state index in [9.17, 15) is 0 Å². The van der Waals surface area contributed by atoms with Crippen LogP contribution in [0.1, 0.15) is 51.4 Å². The second-order valence-electron chi connectivity index (χ2n) is 7.21. The summed E-state index contributed by atoms with van der Waals surface area (Å²) < 4.78 is 11.7. The van der Waals surface area contributed by atoms with Gasteiger partial charge in [0.05, 0.1) is 18.8 Å². The van der Waals surface area contributed by atoms with Gasteiger partial charge in [-0.05, 0) is 44.4 Å². The average molecular weight is 323 g/mol. The van der Waals surface area contributed by atoms with Crippen LogP contribution in [0.15, 0.2) is 4.99 Å². The van der Waals surface area contributed by atoms with E-state index < -0.39 is 0 Å². The minimum Gasteiger partial charge on any atom is -0.376 e. The number of ether oxygens (including phenoxy) is 2. The van der Waals surface area contributed by atoms with Crippen molar-refractivity contribution in [3.05, 3.63) is 0 Å². The molecule has 2 aliphatic heterocycles. The number of hydrogen-bond donors (Lipinski definition) is 1. The first-order valence-corrected chi connectivity index (χ1v) is 9.54. The van der Waals surface area contributed by atoms with Gasteiger partial charge in [0.15, 0.2) is 5.96 Å². The highest BCUT2D eigenvalue weighted by atomic mass is 16.5. The number of hydrogen-bond acceptors (Lipinski definition) is 3. The molecule has 1 saturated carbocycles. The molecule has 23 heavy (non-hydrogen) atoms. The maximum atomic E-state index is 6.05. The molecular weight excluding hydrogens is 290 g/mol. The molecule has 3 aliphatic rings. The van der Waals surface area contributed by atoms with Gasteiger partial charge in [-0.2, -0.15) is 0 Å². The van der Waals surface area contributed by atoms with E-state index in [2.05, 4.69) is 15.2 Å². The second kappa shape index (κ2) is 8.88. The zero-order chi connectivity index (χ0) is 15.9. The smallest absolute Gasteiger partial charge is 0.193 e. The summed E-state index contributed by atoms with van der Waals surface area (Å²) in [6.07, 6.45) is 10.8. The van der Waals surface area contributed by atoms with E-state index in [1.165, 1.54) is 32.1 Å². The number of piperidine rings is 1. The Bertz CT molecular complexity index is 370. The molecule has 0 aromatic heterocycles. The zero-order valence-electron chi connectivity index (χ0n) is 14.6. The van der Waals surface area contributed by atoms with Crippen molar-refractivity contribution in [3.63, 3.8) is 0 Å². The fraction of sp³-hybridized carbons (Fsp3) is 0.944. The zero-order valence-corrected chi connectivity index (χ0v) is 14.6. The van der Waals surface area contributed by atoms with Crippen LogP contribution >= 0.6 is 0 Å². The van der Waals surface area contributed by atoms with Gasteiger partial charge in [0, 0.05) is 33.3 Å². The molecule has 1 aliphatic carbocycles. The van der Waals surface area contributed by atoms with Crippen LogP contribution in [0, 0.1) is 5.92 Å². The van der Waals surface area contributed by atoms with Crippen molar-refractivity contribution in [2.45, 2.75) is 63.6 Å². The van der Waals surface area contributed by atoms with Gasteiger partial charge in [0.1, 0.15) is 0 Å². The van der Waals surface area contributed by atoms with Crippen LogP contribution in [0.5, 0.6) is 0 Å². The van der Waals surface area contributed by atoms with E-state index in [1.807, 2.05) is 7.05 Å². The number of aliphatic imine (C=N–C) groups is 1. The molecule has 0 amide bonds. The minimum atomic E-state index is 0.342. The lowest BCUT2D eigenvalue weighted by atomic mass is 10.1. The first kappa shape index (κ1) is 17.0. The highest BCUT2D eigenvalue weighted by Crippen LogP contribution is 2.33. The molecule has 5 nitrogen and oxygen atoms in total. The third-order valence-corrected chi connectivity index (χ3v) is 5.26. The lowest BCUT2D eigenvalue weighted by Crippen LogP contribution is -2.47. The molecule has 5 heteroatoms. The fourth-order valence-corrected chi connectivity index (χ4v) is 3.58. The quantitative estimate of drug-likeness (QED) is 0.444. The van der Waals surface area contributed by atoms with E-state index in [0.717, 1.165) is 64.0 Å². The molecule has 3 fully saturated rings. The van der Waals surface area contributed by atoms with Crippen LogP contribution in [-0.2, 0) is 9.47 Å². The SMILES string of the molecule is CN=C(NCCCC1CC1)N1CCC(OCC2CCCO2)CC1. The largest absolute Gasteiger partial charge is 0.376 e. The Morgan fingerprint density at radius 2 is 2.04 bits per heavy atom. The van der Waals surface area contributed by atoms with Crippen molar-refractivity contribution >= 4 is 5.96 Å². The molecule has 0 spiro atoms. The van der Waals surface area contributed by atoms with Gasteiger partial charge in [-0.15, -0.1) is 0 Å². The second-order valence-corrected chi connectivity index (χ2v) is 7.21. The van der Waals surface area contributed by atoms with E-state index in [1.54, 1.807) is 0 Å². The molecule has 132 valence electrons. The van der Waals surface area contributed by atoms with E-state index >= 15 is 0 Å². The van der Waals surface area contributed by atoms with Crippen molar-refractivity contribution in [3.8, 4) is 0 Å². The number of guanidine groups is 1. The Balaban J connectivity index is 1.29. The van der Waals surface area contributed by atoms with Crippen molar-refractivity contribution in [1.82, 2.24) is 10.2 Å². The monoisotopic (exact) mass is 323 g/mol. The molecule has 2 heterocycles. The highest BCUT2D eigenvalue weighted by Gasteiger charge is 2.24. The summed E-state index contributed by atoms with van der Waals surface area (Å²) in [4.78, 5) is 6.83. The Labute approximate surface area is 140 Å². The van der Waals surface area contributed by atoms with E-state index in [4.69, 9.17) is 9.47 Å². The lowest BCUT2D eigenvalue weighted by Gasteiger charge is -2.34. The Morgan fingerprint density at radius 3 is 2.70 bits per heavy atom. The number of nitrogens with zero attached hydrogens (tertiary/aromatic N) is 2. The summed E-state index contributed by atoms with van der Waals surface area (Å²) in [6.45, 7) is 4.82. The van der Waals surface area contributed by atoms with Gasteiger partial charge in [-0.1, -0.05) is 12.8 Å². The summed E-state index contributed by atoms with van der Waals surface area (Å²) in [5, 5.41) is 3.53.